The molecule has 0 aliphatic carbocycles. The van der Waals surface area contributed by atoms with Gasteiger partial charge in [0.2, 0.25) is 5.91 Å². The predicted octanol–water partition coefficient (Wildman–Crippen LogP) is 2.02. The van der Waals surface area contributed by atoms with Gasteiger partial charge in [-0.25, -0.2) is 4.68 Å². The Hall–Kier alpha value is -2.34. The highest BCUT2D eigenvalue weighted by Crippen LogP contribution is 2.31. The fraction of sp³-hybridized carbons (Fsp3) is 0.214. The predicted molar refractivity (Wildman–Crippen MR) is 77.3 cm³/mol. The largest absolute Gasteiger partial charge is 0.480 e. The van der Waals surface area contributed by atoms with Crippen LogP contribution in [0.2, 0.25) is 5.02 Å². The lowest BCUT2D eigenvalue weighted by Crippen LogP contribution is -2.40. The lowest BCUT2D eigenvalue weighted by molar-refractivity contribution is -0.136. The number of hydrogen-bond donors (Lipinski definition) is 1. The lowest BCUT2D eigenvalue weighted by Gasteiger charge is -2.25. The van der Waals surface area contributed by atoms with Crippen molar-refractivity contribution in [1.29, 1.82) is 0 Å². The molecule has 108 valence electrons. The van der Waals surface area contributed by atoms with Crippen LogP contribution in [-0.4, -0.2) is 33.3 Å². The van der Waals surface area contributed by atoms with Crippen LogP contribution in [-0.2, 0) is 16.1 Å². The lowest BCUT2D eigenvalue weighted by atomic mass is 10.1. The van der Waals surface area contributed by atoms with Gasteiger partial charge >= 0.3 is 5.97 Å². The van der Waals surface area contributed by atoms with Crippen LogP contribution in [0.4, 0.5) is 5.82 Å². The van der Waals surface area contributed by atoms with Crippen molar-refractivity contribution >= 4 is 29.3 Å². The summed E-state index contributed by atoms with van der Waals surface area (Å²) in [6, 6.07) is 8.96. The third-order valence-electron chi connectivity index (χ3n) is 3.32. The minimum atomic E-state index is -1.06. The number of carboxylic acid groups (broad SMARTS) is 1. The third kappa shape index (κ3) is 2.50. The molecule has 0 atom stereocenters. The molecule has 21 heavy (non-hydrogen) atoms. The Morgan fingerprint density at radius 2 is 2.14 bits per heavy atom. The number of carboxylic acids is 1. The van der Waals surface area contributed by atoms with E-state index in [1.54, 1.807) is 16.8 Å². The fourth-order valence-corrected chi connectivity index (χ4v) is 2.59. The highest BCUT2D eigenvalue weighted by molar-refractivity contribution is 6.33. The minimum Gasteiger partial charge on any atom is -0.480 e. The molecule has 0 unspecified atom stereocenters. The maximum Gasteiger partial charge on any atom is 0.323 e. The molecule has 1 aromatic carbocycles. The molecule has 1 aliphatic rings. The smallest absolute Gasteiger partial charge is 0.323 e. The van der Waals surface area contributed by atoms with Gasteiger partial charge in [-0.15, -0.1) is 0 Å². The Labute approximate surface area is 125 Å². The molecule has 1 aliphatic heterocycles. The van der Waals surface area contributed by atoms with Crippen molar-refractivity contribution in [2.75, 3.05) is 11.4 Å². The Morgan fingerprint density at radius 3 is 2.86 bits per heavy atom. The Balaban J connectivity index is 2.04. The topological polar surface area (TPSA) is 75.4 Å². The normalized spacial score (nSPS) is 14.1. The van der Waals surface area contributed by atoms with E-state index < -0.39 is 5.97 Å². The Kier molecular flexibility index (Phi) is 3.39. The zero-order chi connectivity index (χ0) is 15.0. The Bertz CT molecular complexity index is 726. The van der Waals surface area contributed by atoms with Crippen LogP contribution in [0.5, 0.6) is 0 Å². The van der Waals surface area contributed by atoms with Crippen molar-refractivity contribution in [1.82, 2.24) is 9.78 Å². The van der Waals surface area contributed by atoms with E-state index in [1.807, 2.05) is 18.2 Å². The number of aromatic nitrogens is 2. The van der Waals surface area contributed by atoms with E-state index in [1.165, 1.54) is 4.90 Å². The van der Waals surface area contributed by atoms with Crippen molar-refractivity contribution in [3.05, 3.63) is 35.4 Å². The number of nitrogens with zero attached hydrogens (tertiary/aromatic N) is 3. The van der Waals surface area contributed by atoms with E-state index in [0.717, 1.165) is 5.56 Å². The van der Waals surface area contributed by atoms with Crippen molar-refractivity contribution < 1.29 is 14.7 Å². The average molecular weight is 306 g/mol. The van der Waals surface area contributed by atoms with Crippen molar-refractivity contribution in [2.45, 2.75) is 13.0 Å². The van der Waals surface area contributed by atoms with Crippen LogP contribution in [0, 0.1) is 0 Å². The molecule has 1 aromatic heterocycles. The highest BCUT2D eigenvalue weighted by atomic mass is 35.5. The summed E-state index contributed by atoms with van der Waals surface area (Å²) in [6.45, 7) is 0.0707. The molecule has 2 aromatic rings. The van der Waals surface area contributed by atoms with Crippen molar-refractivity contribution in [3.63, 3.8) is 0 Å². The SMILES string of the molecule is O=C(O)CN1C(=O)CCn2nc(-c3ccccc3Cl)cc21. The average Bonchev–Trinajstić information content (AvgIpc) is 2.86. The number of rotatable bonds is 3. The molecular weight excluding hydrogens is 294 g/mol. The number of hydrogen-bond acceptors (Lipinski definition) is 3. The van der Waals surface area contributed by atoms with E-state index in [2.05, 4.69) is 5.10 Å². The number of halogens is 1. The van der Waals surface area contributed by atoms with Gasteiger partial charge in [0.05, 0.1) is 17.3 Å². The number of carbonyl (C=O) groups excluding carboxylic acids is 1. The van der Waals surface area contributed by atoms with E-state index in [0.29, 0.717) is 23.1 Å². The first-order chi connectivity index (χ1) is 10.1. The molecule has 0 spiro atoms. The van der Waals surface area contributed by atoms with Crippen LogP contribution in [0.15, 0.2) is 30.3 Å². The maximum atomic E-state index is 11.9. The number of carbonyl (C=O) groups is 2. The van der Waals surface area contributed by atoms with Crippen LogP contribution < -0.4 is 4.90 Å². The molecule has 7 heteroatoms. The molecule has 1 amide bonds. The second-order valence-electron chi connectivity index (χ2n) is 4.71. The van der Waals surface area contributed by atoms with Gasteiger partial charge < -0.3 is 5.11 Å². The molecule has 1 N–H and O–H groups in total. The first-order valence-corrected chi connectivity index (χ1v) is 6.79. The second-order valence-corrected chi connectivity index (χ2v) is 5.12. The quantitative estimate of drug-likeness (QED) is 0.941. The number of benzene rings is 1. The molecule has 0 fully saturated rings. The van der Waals surface area contributed by atoms with Crippen molar-refractivity contribution in [2.24, 2.45) is 0 Å². The van der Waals surface area contributed by atoms with Crippen LogP contribution in [0.1, 0.15) is 6.42 Å². The van der Waals surface area contributed by atoms with E-state index >= 15 is 0 Å². The second kappa shape index (κ2) is 5.21. The molecular formula is C14H12ClN3O3. The van der Waals surface area contributed by atoms with E-state index in [4.69, 9.17) is 16.7 Å². The van der Waals surface area contributed by atoms with Crippen molar-refractivity contribution in [3.8, 4) is 11.3 Å². The van der Waals surface area contributed by atoms with Gasteiger partial charge in [-0.1, -0.05) is 29.8 Å². The number of amides is 1. The molecule has 0 radical (unpaired) electrons. The number of anilines is 1. The molecule has 0 bridgehead atoms. The standard InChI is InChI=1S/C14H12ClN3O3/c15-10-4-2-1-3-9(10)11-7-12-17(8-14(20)21)13(19)5-6-18(12)16-11/h1-4,7H,5-6,8H2,(H,20,21). The van der Waals surface area contributed by atoms with Gasteiger partial charge in [0.25, 0.3) is 0 Å². The highest BCUT2D eigenvalue weighted by Gasteiger charge is 2.28. The van der Waals surface area contributed by atoms with Crippen LogP contribution >= 0.6 is 11.6 Å². The van der Waals surface area contributed by atoms with Gasteiger partial charge in [-0.2, -0.15) is 5.10 Å². The van der Waals surface area contributed by atoms with Gasteiger partial charge in [-0.3, -0.25) is 14.5 Å². The molecule has 6 nitrogen and oxygen atoms in total. The van der Waals surface area contributed by atoms with Crippen LogP contribution in [0.25, 0.3) is 11.3 Å². The fourth-order valence-electron chi connectivity index (χ4n) is 2.36. The monoisotopic (exact) mass is 305 g/mol. The maximum absolute atomic E-state index is 11.9. The summed E-state index contributed by atoms with van der Waals surface area (Å²) in [5.74, 6) is -0.781. The van der Waals surface area contributed by atoms with E-state index in [9.17, 15) is 9.59 Å². The summed E-state index contributed by atoms with van der Waals surface area (Å²) >= 11 is 6.15. The Morgan fingerprint density at radius 1 is 1.38 bits per heavy atom. The zero-order valence-electron chi connectivity index (χ0n) is 11.0. The van der Waals surface area contributed by atoms with Gasteiger partial charge in [0.15, 0.2) is 0 Å². The van der Waals surface area contributed by atoms with Gasteiger partial charge in [0.1, 0.15) is 12.4 Å². The number of aliphatic carboxylic acids is 1. The summed E-state index contributed by atoms with van der Waals surface area (Å²) in [6.07, 6.45) is 0.240. The molecule has 2 heterocycles. The first kappa shape index (κ1) is 13.6. The van der Waals surface area contributed by atoms with Gasteiger partial charge in [-0.05, 0) is 6.07 Å². The van der Waals surface area contributed by atoms with Gasteiger partial charge in [0, 0.05) is 18.1 Å². The third-order valence-corrected chi connectivity index (χ3v) is 3.65. The summed E-state index contributed by atoms with van der Waals surface area (Å²) in [5, 5.41) is 13.9. The molecule has 0 saturated heterocycles. The first-order valence-electron chi connectivity index (χ1n) is 6.41. The summed E-state index contributed by atoms with van der Waals surface area (Å²) in [4.78, 5) is 24.0. The summed E-state index contributed by atoms with van der Waals surface area (Å²) in [7, 11) is 0. The number of aryl methyl sites for hydroxylation is 1. The number of fused-ring (bicyclic) bond motifs is 1. The molecule has 3 rings (SSSR count). The zero-order valence-corrected chi connectivity index (χ0v) is 11.7. The van der Waals surface area contributed by atoms with E-state index in [-0.39, 0.29) is 18.9 Å². The summed E-state index contributed by atoms with van der Waals surface area (Å²) in [5.41, 5.74) is 1.38. The minimum absolute atomic E-state index is 0.212. The van der Waals surface area contributed by atoms with Crippen LogP contribution in [0.3, 0.4) is 0 Å². The summed E-state index contributed by atoms with van der Waals surface area (Å²) < 4.78 is 1.64. The molecule has 0 saturated carbocycles.